The monoisotopic (exact) mass is 522 g/mol. The Bertz CT molecular complexity index is 604. The van der Waals surface area contributed by atoms with Gasteiger partial charge in [0.1, 0.15) is 0 Å². The number of hydrogen-bond acceptors (Lipinski definition) is 5. The van der Waals surface area contributed by atoms with E-state index < -0.39 is 6.10 Å². The average molecular weight is 522 g/mol. The van der Waals surface area contributed by atoms with Crippen LogP contribution in [-0.2, 0) is 0 Å². The molecule has 0 aromatic heterocycles. The van der Waals surface area contributed by atoms with E-state index in [9.17, 15) is 5.11 Å². The van der Waals surface area contributed by atoms with Crippen molar-refractivity contribution in [2.24, 2.45) is 4.99 Å². The molecule has 0 amide bonds. The van der Waals surface area contributed by atoms with Crippen LogP contribution in [0.2, 0.25) is 0 Å². The van der Waals surface area contributed by atoms with Crippen LogP contribution in [0.15, 0.2) is 23.2 Å². The first-order valence-electron chi connectivity index (χ1n) is 10.0. The lowest BCUT2D eigenvalue weighted by molar-refractivity contribution is 0.178. The highest BCUT2D eigenvalue weighted by atomic mass is 127. The Balaban J connectivity index is 0.00000784. The summed E-state index contributed by atoms with van der Waals surface area (Å²) in [6.45, 7) is 13.6. The molecule has 1 unspecified atom stereocenters. The van der Waals surface area contributed by atoms with Crippen molar-refractivity contribution >= 4 is 29.9 Å². The van der Waals surface area contributed by atoms with Crippen LogP contribution in [0.3, 0.4) is 0 Å². The third-order valence-electron chi connectivity index (χ3n) is 4.55. The molecule has 168 valence electrons. The molecule has 0 saturated carbocycles. The number of aliphatic hydroxyl groups excluding tert-OH is 1. The Morgan fingerprint density at radius 2 is 1.69 bits per heavy atom. The second kappa shape index (κ2) is 14.7. The second-order valence-electron chi connectivity index (χ2n) is 7.20. The largest absolute Gasteiger partial charge is 0.493 e. The maximum absolute atomic E-state index is 10.5. The third-order valence-corrected chi connectivity index (χ3v) is 4.55. The van der Waals surface area contributed by atoms with Gasteiger partial charge in [0.05, 0.1) is 26.9 Å². The standard InChI is InChI=1S/C21H38N4O3.HI/c1-8-22-21(23-11-12-25(15(2)3)16(4)5)24-14-18(26)17-9-10-19(27-6)20(13-17)28-7;/h9-10,13,15-16,18,26H,8,11-12,14H2,1-7H3,(H2,22,23,24);1H. The number of aliphatic hydroxyl groups is 1. The molecule has 1 rings (SSSR count). The van der Waals surface area contributed by atoms with Crippen LogP contribution < -0.4 is 20.1 Å². The summed E-state index contributed by atoms with van der Waals surface area (Å²) < 4.78 is 10.5. The first kappa shape index (κ1) is 27.7. The highest BCUT2D eigenvalue weighted by Gasteiger charge is 2.14. The molecule has 0 aliphatic carbocycles. The number of aliphatic imine (C=N–C) groups is 1. The Morgan fingerprint density at radius 1 is 1.07 bits per heavy atom. The van der Waals surface area contributed by atoms with Crippen LogP contribution in [0, 0.1) is 0 Å². The van der Waals surface area contributed by atoms with Crippen LogP contribution in [0.5, 0.6) is 11.5 Å². The summed E-state index contributed by atoms with van der Waals surface area (Å²) in [5.74, 6) is 1.93. The van der Waals surface area contributed by atoms with Gasteiger partial charge in [0, 0.05) is 31.7 Å². The molecule has 1 aromatic carbocycles. The molecular weight excluding hydrogens is 483 g/mol. The highest BCUT2D eigenvalue weighted by molar-refractivity contribution is 14.0. The van der Waals surface area contributed by atoms with Gasteiger partial charge in [-0.2, -0.15) is 0 Å². The van der Waals surface area contributed by atoms with Gasteiger partial charge >= 0.3 is 0 Å². The number of ether oxygens (including phenoxy) is 2. The van der Waals surface area contributed by atoms with Crippen molar-refractivity contribution in [2.45, 2.75) is 52.8 Å². The number of guanidine groups is 1. The van der Waals surface area contributed by atoms with E-state index in [4.69, 9.17) is 9.47 Å². The zero-order valence-electron chi connectivity index (χ0n) is 18.9. The van der Waals surface area contributed by atoms with E-state index >= 15 is 0 Å². The number of nitrogens with zero attached hydrogens (tertiary/aromatic N) is 2. The minimum absolute atomic E-state index is 0. The zero-order chi connectivity index (χ0) is 21.1. The number of halogens is 1. The van der Waals surface area contributed by atoms with E-state index in [2.05, 4.69) is 48.2 Å². The lowest BCUT2D eigenvalue weighted by atomic mass is 10.1. The molecule has 0 spiro atoms. The van der Waals surface area contributed by atoms with Crippen molar-refractivity contribution in [3.05, 3.63) is 23.8 Å². The Kier molecular flexibility index (Phi) is 14.0. The number of methoxy groups -OCH3 is 2. The minimum atomic E-state index is -0.724. The van der Waals surface area contributed by atoms with Gasteiger partial charge in [0.25, 0.3) is 0 Å². The van der Waals surface area contributed by atoms with Gasteiger partial charge in [-0.3, -0.25) is 9.89 Å². The molecule has 8 heteroatoms. The molecule has 0 fully saturated rings. The molecule has 0 aliphatic heterocycles. The summed E-state index contributed by atoms with van der Waals surface area (Å²) in [6, 6.07) is 6.38. The predicted octanol–water partition coefficient (Wildman–Crippen LogP) is 3.03. The summed E-state index contributed by atoms with van der Waals surface area (Å²) in [4.78, 5) is 6.95. The third kappa shape index (κ3) is 9.39. The van der Waals surface area contributed by atoms with Gasteiger partial charge in [0.2, 0.25) is 0 Å². The predicted molar refractivity (Wildman–Crippen MR) is 131 cm³/mol. The smallest absolute Gasteiger partial charge is 0.191 e. The highest BCUT2D eigenvalue weighted by Crippen LogP contribution is 2.30. The average Bonchev–Trinajstić information content (AvgIpc) is 2.67. The first-order chi connectivity index (χ1) is 13.3. The molecule has 7 nitrogen and oxygen atoms in total. The van der Waals surface area contributed by atoms with E-state index in [1.165, 1.54) is 0 Å². The Labute approximate surface area is 193 Å². The van der Waals surface area contributed by atoms with Crippen molar-refractivity contribution < 1.29 is 14.6 Å². The van der Waals surface area contributed by atoms with Crippen LogP contribution in [-0.4, -0.2) is 68.4 Å². The molecular formula is C21H39IN4O3. The maximum Gasteiger partial charge on any atom is 0.191 e. The summed E-state index contributed by atoms with van der Waals surface area (Å²) in [7, 11) is 3.17. The summed E-state index contributed by atoms with van der Waals surface area (Å²) >= 11 is 0. The van der Waals surface area contributed by atoms with Crippen molar-refractivity contribution in [3.63, 3.8) is 0 Å². The fraction of sp³-hybridized carbons (Fsp3) is 0.667. The fourth-order valence-corrected chi connectivity index (χ4v) is 3.10. The van der Waals surface area contributed by atoms with Crippen LogP contribution in [0.25, 0.3) is 0 Å². The van der Waals surface area contributed by atoms with Gasteiger partial charge < -0.3 is 25.2 Å². The summed E-state index contributed by atoms with van der Waals surface area (Å²) in [5, 5.41) is 17.1. The zero-order valence-corrected chi connectivity index (χ0v) is 21.2. The summed E-state index contributed by atoms with van der Waals surface area (Å²) in [5.41, 5.74) is 0.739. The lowest BCUT2D eigenvalue weighted by Crippen LogP contribution is -2.45. The molecule has 0 aliphatic rings. The van der Waals surface area contributed by atoms with Crippen LogP contribution >= 0.6 is 24.0 Å². The van der Waals surface area contributed by atoms with Crippen molar-refractivity contribution in [1.82, 2.24) is 15.5 Å². The molecule has 0 saturated heterocycles. The molecule has 0 bridgehead atoms. The molecule has 29 heavy (non-hydrogen) atoms. The van der Waals surface area contributed by atoms with Gasteiger partial charge in [-0.05, 0) is 52.3 Å². The van der Waals surface area contributed by atoms with Crippen molar-refractivity contribution in [2.75, 3.05) is 40.4 Å². The van der Waals surface area contributed by atoms with E-state index in [-0.39, 0.29) is 30.5 Å². The first-order valence-corrected chi connectivity index (χ1v) is 10.0. The number of benzene rings is 1. The van der Waals surface area contributed by atoms with Gasteiger partial charge in [-0.25, -0.2) is 0 Å². The van der Waals surface area contributed by atoms with E-state index in [1.54, 1.807) is 26.4 Å². The van der Waals surface area contributed by atoms with Gasteiger partial charge in [-0.15, -0.1) is 24.0 Å². The normalized spacial score (nSPS) is 12.7. The number of rotatable bonds is 11. The molecule has 3 N–H and O–H groups in total. The van der Waals surface area contributed by atoms with Gasteiger partial charge in [0.15, 0.2) is 17.5 Å². The van der Waals surface area contributed by atoms with E-state index in [0.29, 0.717) is 29.5 Å². The molecule has 1 atom stereocenters. The van der Waals surface area contributed by atoms with Gasteiger partial charge in [-0.1, -0.05) is 6.07 Å². The van der Waals surface area contributed by atoms with Crippen LogP contribution in [0.4, 0.5) is 0 Å². The van der Waals surface area contributed by atoms with Crippen LogP contribution in [0.1, 0.15) is 46.3 Å². The van der Waals surface area contributed by atoms with Crippen molar-refractivity contribution in [1.29, 1.82) is 0 Å². The Hall–Kier alpha value is -1.26. The fourth-order valence-electron chi connectivity index (χ4n) is 3.10. The SMILES string of the molecule is CCNC(=NCC(O)c1ccc(OC)c(OC)c1)NCCN(C(C)C)C(C)C.I. The topological polar surface area (TPSA) is 78.4 Å². The quantitative estimate of drug-likeness (QED) is 0.236. The summed E-state index contributed by atoms with van der Waals surface area (Å²) in [6.07, 6.45) is -0.724. The second-order valence-corrected chi connectivity index (χ2v) is 7.20. The maximum atomic E-state index is 10.5. The molecule has 0 heterocycles. The van der Waals surface area contributed by atoms with Crippen molar-refractivity contribution in [3.8, 4) is 11.5 Å². The van der Waals surface area contributed by atoms with E-state index in [0.717, 1.165) is 25.2 Å². The minimum Gasteiger partial charge on any atom is -0.493 e. The molecule has 0 radical (unpaired) electrons. The lowest BCUT2D eigenvalue weighted by Gasteiger charge is -2.30. The number of nitrogens with one attached hydrogen (secondary N) is 2. The molecule has 1 aromatic rings. The Morgan fingerprint density at radius 3 is 2.21 bits per heavy atom. The number of hydrogen-bond donors (Lipinski definition) is 3. The van der Waals surface area contributed by atoms with E-state index in [1.807, 2.05) is 13.0 Å².